The minimum Gasteiger partial charge on any atom is -0.315 e. The molecule has 2 aliphatic heterocycles. The molecule has 1 N–H and O–H groups in total. The van der Waals surface area contributed by atoms with Crippen LogP contribution in [0.25, 0.3) is 0 Å². The highest BCUT2D eigenvalue weighted by Crippen LogP contribution is 2.18. The van der Waals surface area contributed by atoms with Gasteiger partial charge in [0.2, 0.25) is 10.0 Å². The summed E-state index contributed by atoms with van der Waals surface area (Å²) < 4.78 is 40.5. The molecule has 0 aromatic rings. The van der Waals surface area contributed by atoms with Gasteiger partial charge in [0.05, 0.1) is 12.0 Å². The van der Waals surface area contributed by atoms with E-state index in [1.54, 1.807) is 18.4 Å². The Kier molecular flexibility index (Phi) is 6.68. The molecule has 1 saturated heterocycles. The first-order chi connectivity index (χ1) is 11.0. The minimum atomic E-state index is -3.43. The van der Waals surface area contributed by atoms with Gasteiger partial charge in [-0.05, 0) is 18.5 Å². The highest BCUT2D eigenvalue weighted by Gasteiger charge is 2.24. The Morgan fingerprint density at radius 1 is 1.39 bits per heavy atom. The number of halogens is 1. The first-order valence-electron chi connectivity index (χ1n) is 7.90. The largest absolute Gasteiger partial charge is 0.315 e. The first-order valence-corrected chi connectivity index (χ1v) is 9.51. The van der Waals surface area contributed by atoms with Gasteiger partial charge >= 0.3 is 0 Å². The first kappa shape index (κ1) is 18.0. The molecule has 5 nitrogen and oxygen atoms in total. The molecule has 0 saturated carbocycles. The molecule has 0 aromatic carbocycles. The SMILES string of the molecule is CC1/C=C\C=C(\CS(=O)(=O)N2CCCNCC2)C/C(F)=C\N=C/1. The van der Waals surface area contributed by atoms with Crippen LogP contribution in [-0.4, -0.2) is 50.9 Å². The standard InChI is InChI=1S/C16H24FN3O2S/c1-14-4-2-5-15(10-16(17)12-19-11-14)13-23(21,22)20-8-3-6-18-7-9-20/h2,4-5,11-12,14,18H,3,6-10,13H2,1H3/b4-2-,15-5+,16-12+,19-11-. The Bertz CT molecular complexity index is 615. The fourth-order valence-electron chi connectivity index (χ4n) is 2.52. The van der Waals surface area contributed by atoms with E-state index in [0.29, 0.717) is 25.2 Å². The third-order valence-electron chi connectivity index (χ3n) is 3.74. The molecule has 23 heavy (non-hydrogen) atoms. The van der Waals surface area contributed by atoms with Gasteiger partial charge in [0.25, 0.3) is 0 Å². The molecule has 1 unspecified atom stereocenters. The van der Waals surface area contributed by atoms with Crippen molar-refractivity contribution in [2.75, 3.05) is 31.9 Å². The normalized spacial score (nSPS) is 32.0. The van der Waals surface area contributed by atoms with Crippen LogP contribution in [0.15, 0.2) is 40.8 Å². The molecule has 7 heteroatoms. The number of sulfonamides is 1. The third kappa shape index (κ3) is 6.01. The lowest BCUT2D eigenvalue weighted by molar-refractivity contribution is 0.433. The topological polar surface area (TPSA) is 61.8 Å². The van der Waals surface area contributed by atoms with Gasteiger partial charge in [-0.15, -0.1) is 0 Å². The molecular formula is C16H24FN3O2S. The van der Waals surface area contributed by atoms with Crippen LogP contribution in [0.2, 0.25) is 0 Å². The highest BCUT2D eigenvalue weighted by atomic mass is 32.2. The lowest BCUT2D eigenvalue weighted by Gasteiger charge is -2.20. The van der Waals surface area contributed by atoms with Gasteiger partial charge in [-0.3, -0.25) is 4.99 Å². The molecule has 0 aliphatic carbocycles. The smallest absolute Gasteiger partial charge is 0.218 e. The van der Waals surface area contributed by atoms with E-state index in [0.717, 1.165) is 19.2 Å². The average molecular weight is 341 g/mol. The van der Waals surface area contributed by atoms with Crippen LogP contribution in [0.1, 0.15) is 19.8 Å². The Morgan fingerprint density at radius 2 is 2.22 bits per heavy atom. The van der Waals surface area contributed by atoms with E-state index < -0.39 is 15.9 Å². The van der Waals surface area contributed by atoms with E-state index in [9.17, 15) is 12.8 Å². The molecule has 1 atom stereocenters. The summed E-state index contributed by atoms with van der Waals surface area (Å²) in [5.74, 6) is -0.512. The number of allylic oxidation sites excluding steroid dienone is 4. The van der Waals surface area contributed by atoms with Gasteiger partial charge in [-0.2, -0.15) is 0 Å². The molecule has 0 bridgehead atoms. The van der Waals surface area contributed by atoms with Gasteiger partial charge in [0, 0.05) is 38.2 Å². The maximum Gasteiger partial charge on any atom is 0.218 e. The number of hydrogen-bond donors (Lipinski definition) is 1. The summed E-state index contributed by atoms with van der Waals surface area (Å²) in [5, 5.41) is 3.18. The second-order valence-electron chi connectivity index (χ2n) is 5.88. The molecule has 1 fully saturated rings. The lowest BCUT2D eigenvalue weighted by Crippen LogP contribution is -2.36. The Hall–Kier alpha value is -1.31. The van der Waals surface area contributed by atoms with Gasteiger partial charge in [0.1, 0.15) is 5.83 Å². The number of hydrogen-bond acceptors (Lipinski definition) is 4. The van der Waals surface area contributed by atoms with Crippen LogP contribution in [0, 0.1) is 5.92 Å². The predicted octanol–water partition coefficient (Wildman–Crippen LogP) is 2.02. The fourth-order valence-corrected chi connectivity index (χ4v) is 4.15. The third-order valence-corrected chi connectivity index (χ3v) is 5.63. The van der Waals surface area contributed by atoms with E-state index in [-0.39, 0.29) is 18.1 Å². The van der Waals surface area contributed by atoms with Crippen molar-refractivity contribution in [1.82, 2.24) is 9.62 Å². The zero-order valence-corrected chi connectivity index (χ0v) is 14.2. The van der Waals surface area contributed by atoms with E-state index in [2.05, 4.69) is 10.3 Å². The molecule has 2 heterocycles. The lowest BCUT2D eigenvalue weighted by atomic mass is 10.1. The zero-order chi connectivity index (χ0) is 16.7. The van der Waals surface area contributed by atoms with Gasteiger partial charge in [0.15, 0.2) is 0 Å². The summed E-state index contributed by atoms with van der Waals surface area (Å²) in [6.07, 6.45) is 8.96. The second kappa shape index (κ2) is 8.52. The maximum absolute atomic E-state index is 13.9. The summed E-state index contributed by atoms with van der Waals surface area (Å²) >= 11 is 0. The van der Waals surface area contributed by atoms with Crippen molar-refractivity contribution in [3.05, 3.63) is 35.8 Å². The van der Waals surface area contributed by atoms with Crippen LogP contribution in [-0.2, 0) is 10.0 Å². The van der Waals surface area contributed by atoms with Crippen LogP contribution in [0.3, 0.4) is 0 Å². The summed E-state index contributed by atoms with van der Waals surface area (Å²) in [4.78, 5) is 3.92. The average Bonchev–Trinajstić information content (AvgIpc) is 2.76. The number of rotatable bonds is 3. The second-order valence-corrected chi connectivity index (χ2v) is 7.85. The quantitative estimate of drug-likeness (QED) is 0.854. The molecule has 0 amide bonds. The molecule has 2 aliphatic rings. The van der Waals surface area contributed by atoms with E-state index >= 15 is 0 Å². The molecule has 128 valence electrons. The van der Waals surface area contributed by atoms with E-state index in [1.807, 2.05) is 13.0 Å². The minimum absolute atomic E-state index is 0.0264. The Balaban J connectivity index is 2.14. The molecule has 0 aromatic heterocycles. The predicted molar refractivity (Wildman–Crippen MR) is 91.5 cm³/mol. The molecular weight excluding hydrogens is 317 g/mol. The summed E-state index contributed by atoms with van der Waals surface area (Å²) in [6.45, 7) is 4.38. The van der Waals surface area contributed by atoms with Crippen LogP contribution in [0.4, 0.5) is 4.39 Å². The van der Waals surface area contributed by atoms with Crippen LogP contribution >= 0.6 is 0 Å². The monoisotopic (exact) mass is 341 g/mol. The summed E-state index contributed by atoms with van der Waals surface area (Å²) in [5.41, 5.74) is 0.538. The van der Waals surface area contributed by atoms with Gasteiger partial charge in [-0.25, -0.2) is 17.1 Å². The van der Waals surface area contributed by atoms with Crippen molar-refractivity contribution >= 4 is 16.2 Å². The molecule has 2 rings (SSSR count). The molecule has 0 spiro atoms. The number of aliphatic imine (C=N–C) groups is 1. The van der Waals surface area contributed by atoms with Gasteiger partial charge < -0.3 is 5.32 Å². The fraction of sp³-hybridized carbons (Fsp3) is 0.562. The highest BCUT2D eigenvalue weighted by molar-refractivity contribution is 7.89. The van der Waals surface area contributed by atoms with Crippen molar-refractivity contribution in [1.29, 1.82) is 0 Å². The summed E-state index contributed by atoms with van der Waals surface area (Å²) in [6, 6.07) is 0. The van der Waals surface area contributed by atoms with Crippen molar-refractivity contribution in [2.24, 2.45) is 10.9 Å². The molecule has 0 radical (unpaired) electrons. The van der Waals surface area contributed by atoms with E-state index in [1.165, 1.54) is 4.31 Å². The van der Waals surface area contributed by atoms with Crippen LogP contribution in [0.5, 0.6) is 0 Å². The number of nitrogens with one attached hydrogen (secondary N) is 1. The van der Waals surface area contributed by atoms with Crippen LogP contribution < -0.4 is 5.32 Å². The van der Waals surface area contributed by atoms with Crippen molar-refractivity contribution in [3.8, 4) is 0 Å². The number of nitrogens with zero attached hydrogens (tertiary/aromatic N) is 2. The van der Waals surface area contributed by atoms with E-state index in [4.69, 9.17) is 0 Å². The Labute approximate surface area is 137 Å². The van der Waals surface area contributed by atoms with Gasteiger partial charge in [-0.1, -0.05) is 25.2 Å². The van der Waals surface area contributed by atoms with Crippen molar-refractivity contribution < 1.29 is 12.8 Å². The zero-order valence-electron chi connectivity index (χ0n) is 13.4. The van der Waals surface area contributed by atoms with Crippen molar-refractivity contribution in [2.45, 2.75) is 19.8 Å². The van der Waals surface area contributed by atoms with Crippen molar-refractivity contribution in [3.63, 3.8) is 0 Å². The Morgan fingerprint density at radius 3 is 3.04 bits per heavy atom. The maximum atomic E-state index is 13.9. The summed E-state index contributed by atoms with van der Waals surface area (Å²) in [7, 11) is -3.43.